The van der Waals surface area contributed by atoms with Gasteiger partial charge in [-0.25, -0.2) is 4.98 Å². The van der Waals surface area contributed by atoms with Gasteiger partial charge in [0.2, 0.25) is 5.91 Å². The Bertz CT molecular complexity index is 1050. The highest BCUT2D eigenvalue weighted by Gasteiger charge is 2.07. The van der Waals surface area contributed by atoms with Crippen LogP contribution < -0.4 is 10.9 Å². The van der Waals surface area contributed by atoms with E-state index in [1.165, 1.54) is 10.9 Å². The molecule has 0 atom stereocenters. The lowest BCUT2D eigenvalue weighted by molar-refractivity contribution is -0.121. The molecule has 3 aromatic rings. The molecule has 1 amide bonds. The van der Waals surface area contributed by atoms with E-state index in [2.05, 4.69) is 22.1 Å². The Balaban J connectivity index is 1.63. The Labute approximate surface area is 149 Å². The maximum Gasteiger partial charge on any atom is 0.261 e. The number of nitrogens with one attached hydrogen (secondary N) is 1. The van der Waals surface area contributed by atoms with E-state index in [9.17, 15) is 9.59 Å². The zero-order chi connectivity index (χ0) is 17.6. The first-order valence-corrected chi connectivity index (χ1v) is 7.97. The molecule has 2 aromatic carbocycles. The van der Waals surface area contributed by atoms with Crippen molar-refractivity contribution in [3.63, 3.8) is 0 Å². The van der Waals surface area contributed by atoms with Gasteiger partial charge >= 0.3 is 0 Å². The Morgan fingerprint density at radius 3 is 2.76 bits per heavy atom. The average molecular weight is 352 g/mol. The molecule has 0 unspecified atom stereocenters. The molecule has 0 bridgehead atoms. The molecule has 1 N–H and O–H groups in total. The van der Waals surface area contributed by atoms with Crippen LogP contribution in [0.25, 0.3) is 10.9 Å². The van der Waals surface area contributed by atoms with Crippen LogP contribution in [-0.2, 0) is 11.3 Å². The molecule has 25 heavy (non-hydrogen) atoms. The molecule has 0 spiro atoms. The number of carbonyl (C=O) groups is 1. The second kappa shape index (κ2) is 7.65. The lowest BCUT2D eigenvalue weighted by atomic mass is 10.2. The predicted molar refractivity (Wildman–Crippen MR) is 97.3 cm³/mol. The fraction of sp³-hybridized carbons (Fsp3) is 0.105. The first kappa shape index (κ1) is 16.7. The molecule has 5 nitrogen and oxygen atoms in total. The summed E-state index contributed by atoms with van der Waals surface area (Å²) in [6.45, 7) is 0.0598. The zero-order valence-electron chi connectivity index (χ0n) is 13.2. The van der Waals surface area contributed by atoms with Gasteiger partial charge in [0.25, 0.3) is 5.56 Å². The monoisotopic (exact) mass is 351 g/mol. The van der Waals surface area contributed by atoms with Crippen molar-refractivity contribution >= 4 is 28.4 Å². The molecular formula is C19H14ClN3O2. The van der Waals surface area contributed by atoms with E-state index in [-0.39, 0.29) is 24.6 Å². The van der Waals surface area contributed by atoms with Crippen molar-refractivity contribution < 1.29 is 4.79 Å². The van der Waals surface area contributed by atoms with Crippen molar-refractivity contribution in [3.8, 4) is 11.8 Å². The molecule has 1 aromatic heterocycles. The Morgan fingerprint density at radius 1 is 1.16 bits per heavy atom. The maximum absolute atomic E-state index is 12.3. The van der Waals surface area contributed by atoms with Crippen LogP contribution in [0.5, 0.6) is 0 Å². The van der Waals surface area contributed by atoms with Crippen LogP contribution in [0.2, 0.25) is 5.02 Å². The third kappa shape index (κ3) is 4.06. The Morgan fingerprint density at radius 2 is 1.92 bits per heavy atom. The number of aromatic nitrogens is 2. The van der Waals surface area contributed by atoms with Crippen LogP contribution in [0.15, 0.2) is 59.7 Å². The molecule has 3 rings (SSSR count). The number of hydrogen-bond acceptors (Lipinski definition) is 3. The minimum atomic E-state index is -0.312. The molecule has 0 aliphatic heterocycles. The van der Waals surface area contributed by atoms with E-state index < -0.39 is 0 Å². The van der Waals surface area contributed by atoms with Gasteiger partial charge in [0, 0.05) is 5.56 Å². The molecule has 0 aliphatic rings. The Kier molecular flexibility index (Phi) is 5.12. The normalized spacial score (nSPS) is 10.1. The first-order valence-electron chi connectivity index (χ1n) is 7.59. The summed E-state index contributed by atoms with van der Waals surface area (Å²) in [6.07, 6.45) is 1.37. The maximum atomic E-state index is 12.3. The number of hydrogen-bond donors (Lipinski definition) is 1. The SMILES string of the molecule is O=C(Cn1cnc2ccccc2c1=O)NCC#Cc1ccccc1Cl. The molecule has 6 heteroatoms. The highest BCUT2D eigenvalue weighted by atomic mass is 35.5. The number of benzene rings is 2. The van der Waals surface area contributed by atoms with Gasteiger partial charge in [-0.3, -0.25) is 14.2 Å². The van der Waals surface area contributed by atoms with Crippen LogP contribution in [0, 0.1) is 11.8 Å². The third-order valence-corrected chi connectivity index (χ3v) is 3.85. The van der Waals surface area contributed by atoms with Crippen molar-refractivity contribution in [3.05, 3.63) is 75.8 Å². The molecule has 0 fully saturated rings. The second-order valence-electron chi connectivity index (χ2n) is 5.25. The van der Waals surface area contributed by atoms with Gasteiger partial charge in [-0.05, 0) is 24.3 Å². The van der Waals surface area contributed by atoms with E-state index in [1.54, 1.807) is 30.3 Å². The summed E-state index contributed by atoms with van der Waals surface area (Å²) in [6, 6.07) is 14.2. The summed E-state index contributed by atoms with van der Waals surface area (Å²) in [5, 5.41) is 3.70. The number of amides is 1. The highest BCUT2D eigenvalue weighted by Crippen LogP contribution is 2.12. The topological polar surface area (TPSA) is 64.0 Å². The second-order valence-corrected chi connectivity index (χ2v) is 5.66. The number of halogens is 1. The van der Waals surface area contributed by atoms with Crippen molar-refractivity contribution in [2.75, 3.05) is 6.54 Å². The average Bonchev–Trinajstić information content (AvgIpc) is 2.63. The molecule has 0 radical (unpaired) electrons. The molecule has 124 valence electrons. The lowest BCUT2D eigenvalue weighted by Crippen LogP contribution is -2.32. The number of nitrogens with zero attached hydrogens (tertiary/aromatic N) is 2. The van der Waals surface area contributed by atoms with Gasteiger partial charge in [-0.1, -0.05) is 47.7 Å². The largest absolute Gasteiger partial charge is 0.344 e. The van der Waals surface area contributed by atoms with Crippen LogP contribution in [0.3, 0.4) is 0 Å². The van der Waals surface area contributed by atoms with Gasteiger partial charge in [-0.2, -0.15) is 0 Å². The van der Waals surface area contributed by atoms with E-state index >= 15 is 0 Å². The first-order chi connectivity index (χ1) is 12.1. The van der Waals surface area contributed by atoms with Gasteiger partial charge < -0.3 is 5.32 Å². The molecule has 0 aliphatic carbocycles. The number of para-hydroxylation sites is 1. The smallest absolute Gasteiger partial charge is 0.261 e. The molecule has 0 saturated carbocycles. The van der Waals surface area contributed by atoms with Crippen molar-refractivity contribution in [2.45, 2.75) is 6.54 Å². The zero-order valence-corrected chi connectivity index (χ0v) is 14.0. The van der Waals surface area contributed by atoms with Gasteiger partial charge in [-0.15, -0.1) is 0 Å². The number of rotatable bonds is 3. The summed E-state index contributed by atoms with van der Waals surface area (Å²) >= 11 is 6.00. The summed E-state index contributed by atoms with van der Waals surface area (Å²) in [5.41, 5.74) is 1.06. The van der Waals surface area contributed by atoms with Crippen LogP contribution >= 0.6 is 11.6 Å². The number of carbonyl (C=O) groups excluding carboxylic acids is 1. The van der Waals surface area contributed by atoms with Gasteiger partial charge in [0.1, 0.15) is 6.54 Å². The fourth-order valence-corrected chi connectivity index (χ4v) is 2.46. The van der Waals surface area contributed by atoms with Crippen molar-refractivity contribution in [2.24, 2.45) is 0 Å². The Hall–Kier alpha value is -3.10. The summed E-state index contributed by atoms with van der Waals surface area (Å²) in [5.74, 6) is 5.41. The van der Waals surface area contributed by atoms with Crippen LogP contribution in [0.4, 0.5) is 0 Å². The third-order valence-electron chi connectivity index (χ3n) is 3.52. The summed E-state index contributed by atoms with van der Waals surface area (Å²) in [7, 11) is 0. The van der Waals surface area contributed by atoms with Crippen molar-refractivity contribution in [1.29, 1.82) is 0 Å². The highest BCUT2D eigenvalue weighted by molar-refractivity contribution is 6.31. The summed E-state index contributed by atoms with van der Waals surface area (Å²) < 4.78 is 1.28. The van der Waals surface area contributed by atoms with E-state index in [0.29, 0.717) is 21.5 Å². The van der Waals surface area contributed by atoms with Crippen LogP contribution in [0.1, 0.15) is 5.56 Å². The fourth-order valence-electron chi connectivity index (χ4n) is 2.27. The van der Waals surface area contributed by atoms with E-state index in [1.807, 2.05) is 18.2 Å². The van der Waals surface area contributed by atoms with Crippen molar-refractivity contribution in [1.82, 2.24) is 14.9 Å². The molecular weight excluding hydrogens is 338 g/mol. The quantitative estimate of drug-likeness (QED) is 0.736. The molecule has 0 saturated heterocycles. The predicted octanol–water partition coefficient (Wildman–Crippen LogP) is 2.22. The summed E-state index contributed by atoms with van der Waals surface area (Å²) in [4.78, 5) is 28.5. The van der Waals surface area contributed by atoms with Crippen LogP contribution in [-0.4, -0.2) is 22.0 Å². The van der Waals surface area contributed by atoms with Gasteiger partial charge in [0.15, 0.2) is 0 Å². The standard InChI is InChI=1S/C19H14ClN3O2/c20-16-9-3-1-6-14(16)7-5-11-21-18(24)12-23-13-22-17-10-4-2-8-15(17)19(23)25/h1-4,6,8-10,13H,11-12H2,(H,21,24). The minimum absolute atomic E-state index is 0.107. The number of fused-ring (bicyclic) bond motifs is 1. The van der Waals surface area contributed by atoms with E-state index in [0.717, 1.165) is 0 Å². The molecule has 1 heterocycles. The van der Waals surface area contributed by atoms with E-state index in [4.69, 9.17) is 11.6 Å². The lowest BCUT2D eigenvalue weighted by Gasteiger charge is -2.06. The van der Waals surface area contributed by atoms with Gasteiger partial charge in [0.05, 0.1) is 28.8 Å². The minimum Gasteiger partial charge on any atom is -0.344 e.